The average Bonchev–Trinajstić information content (AvgIpc) is 4.07. The first-order valence-electron chi connectivity index (χ1n) is 23.4. The number of hydrogen-bond acceptors (Lipinski definition) is 3. The molecule has 4 aromatic heterocycles. The normalized spacial score (nSPS) is 11.8. The molecule has 0 aliphatic heterocycles. The van der Waals surface area contributed by atoms with Gasteiger partial charge in [-0.15, -0.1) is 0 Å². The van der Waals surface area contributed by atoms with E-state index in [1.54, 1.807) is 0 Å². The third kappa shape index (κ3) is 6.16. The van der Waals surface area contributed by atoms with E-state index in [1.165, 1.54) is 16.3 Å². The lowest BCUT2D eigenvalue weighted by Crippen LogP contribution is -2.07. The zero-order valence-electron chi connectivity index (χ0n) is 37.3. The van der Waals surface area contributed by atoms with Gasteiger partial charge < -0.3 is 9.13 Å². The third-order valence-corrected chi connectivity index (χ3v) is 13.7. The molecule has 14 aromatic rings. The molecule has 0 N–H and O–H groups in total. The van der Waals surface area contributed by atoms with Crippen LogP contribution in [-0.2, 0) is 0 Å². The molecule has 4 heterocycles. The molecule has 0 bridgehead atoms. The summed E-state index contributed by atoms with van der Waals surface area (Å²) in [5, 5.41) is 6.84. The van der Waals surface area contributed by atoms with Crippen molar-refractivity contribution in [2.24, 2.45) is 0 Å². The highest BCUT2D eigenvalue weighted by molar-refractivity contribution is 6.24. The standard InChI is InChI=1S/C63H40N6/c1-5-19-41(20-6-1)44-33-37-57(52(39-44)42-21-7-2-8-22-42)68-55-31-17-13-27-47(55)50-35-36-51-48-28-14-18-32-56(48)69(60(51)59(50)68)63-65-61(43-23-9-3-10-24-43)64-62(66-63)45-34-38-58-53(40-45)49-29-15-16-30-54(49)67(58)46-25-11-4-12-26-46/h1-40H. The van der Waals surface area contributed by atoms with Gasteiger partial charge in [0, 0.05) is 54.7 Å². The lowest BCUT2D eigenvalue weighted by atomic mass is 9.97. The van der Waals surface area contributed by atoms with E-state index in [2.05, 4.69) is 238 Å². The van der Waals surface area contributed by atoms with Gasteiger partial charge in [-0.05, 0) is 77.4 Å². The van der Waals surface area contributed by atoms with Crippen LogP contribution in [0.4, 0.5) is 0 Å². The SMILES string of the molecule is c1ccc(-c2ccc(-n3c4ccccc4c4ccc5c6ccccc6n(-c6nc(-c7ccccc7)nc(-c7ccc8c(c7)c7ccccc7n8-c7ccccc7)n6)c5c43)c(-c3ccccc3)c2)cc1. The van der Waals surface area contributed by atoms with E-state index in [-0.39, 0.29) is 0 Å². The van der Waals surface area contributed by atoms with Gasteiger partial charge in [0.15, 0.2) is 11.6 Å². The van der Waals surface area contributed by atoms with Crippen molar-refractivity contribution < 1.29 is 0 Å². The van der Waals surface area contributed by atoms with E-state index in [1.807, 2.05) is 18.2 Å². The van der Waals surface area contributed by atoms with Crippen LogP contribution in [0, 0.1) is 0 Å². The predicted octanol–water partition coefficient (Wildman–Crippen LogP) is 15.8. The Hall–Kier alpha value is -9.39. The lowest BCUT2D eigenvalue weighted by Gasteiger charge is -2.17. The minimum absolute atomic E-state index is 0.545. The van der Waals surface area contributed by atoms with Crippen LogP contribution in [-0.4, -0.2) is 28.7 Å². The molecule has 14 rings (SSSR count). The summed E-state index contributed by atoms with van der Waals surface area (Å²) in [7, 11) is 0. The van der Waals surface area contributed by atoms with Gasteiger partial charge in [-0.3, -0.25) is 4.57 Å². The zero-order valence-corrected chi connectivity index (χ0v) is 37.3. The summed E-state index contributed by atoms with van der Waals surface area (Å²) in [4.78, 5) is 16.2. The van der Waals surface area contributed by atoms with Crippen molar-refractivity contribution in [1.29, 1.82) is 0 Å². The van der Waals surface area contributed by atoms with Crippen LogP contribution in [0.25, 0.3) is 128 Å². The molecule has 0 atom stereocenters. The Morgan fingerprint density at radius 1 is 0.261 bits per heavy atom. The molecule has 0 saturated carbocycles. The molecule has 322 valence electrons. The first-order chi connectivity index (χ1) is 34.2. The number of rotatable bonds is 7. The molecule has 0 aliphatic rings. The summed E-state index contributed by atoms with van der Waals surface area (Å²) in [5.74, 6) is 1.74. The number of para-hydroxylation sites is 4. The fourth-order valence-corrected chi connectivity index (χ4v) is 10.6. The molecule has 0 aliphatic carbocycles. The van der Waals surface area contributed by atoms with Gasteiger partial charge >= 0.3 is 0 Å². The topological polar surface area (TPSA) is 53.5 Å². The number of benzene rings is 10. The van der Waals surface area contributed by atoms with Gasteiger partial charge in [-0.1, -0.05) is 182 Å². The summed E-state index contributed by atoms with van der Waals surface area (Å²) < 4.78 is 7.08. The summed E-state index contributed by atoms with van der Waals surface area (Å²) in [5.41, 5.74) is 15.1. The molecule has 0 fully saturated rings. The van der Waals surface area contributed by atoms with Crippen LogP contribution in [0.15, 0.2) is 243 Å². The average molecular weight is 881 g/mol. The van der Waals surface area contributed by atoms with E-state index in [4.69, 9.17) is 15.0 Å². The molecule has 6 heteroatoms. The molecule has 0 unspecified atom stereocenters. The fourth-order valence-electron chi connectivity index (χ4n) is 10.6. The van der Waals surface area contributed by atoms with E-state index in [0.717, 1.165) is 93.8 Å². The molecule has 10 aromatic carbocycles. The lowest BCUT2D eigenvalue weighted by molar-refractivity contribution is 0.953. The van der Waals surface area contributed by atoms with E-state index >= 15 is 0 Å². The second-order valence-corrected chi connectivity index (χ2v) is 17.6. The van der Waals surface area contributed by atoms with Crippen molar-refractivity contribution in [2.45, 2.75) is 0 Å². The van der Waals surface area contributed by atoms with Crippen molar-refractivity contribution in [2.75, 3.05) is 0 Å². The minimum Gasteiger partial charge on any atom is -0.309 e. The van der Waals surface area contributed by atoms with Gasteiger partial charge in [-0.2, -0.15) is 9.97 Å². The fraction of sp³-hybridized carbons (Fsp3) is 0. The summed E-state index contributed by atoms with van der Waals surface area (Å²) in [6, 6.07) is 86.3. The molecular formula is C63H40N6. The maximum Gasteiger partial charge on any atom is 0.238 e. The van der Waals surface area contributed by atoms with Gasteiger partial charge in [0.25, 0.3) is 0 Å². The van der Waals surface area contributed by atoms with E-state index < -0.39 is 0 Å². The molecular weight excluding hydrogens is 841 g/mol. The highest BCUT2D eigenvalue weighted by atomic mass is 15.2. The van der Waals surface area contributed by atoms with Crippen molar-refractivity contribution in [3.63, 3.8) is 0 Å². The zero-order chi connectivity index (χ0) is 45.4. The number of hydrogen-bond donors (Lipinski definition) is 0. The summed E-state index contributed by atoms with van der Waals surface area (Å²) in [6.07, 6.45) is 0. The number of aromatic nitrogens is 6. The Bertz CT molecular complexity index is 4280. The molecule has 69 heavy (non-hydrogen) atoms. The second-order valence-electron chi connectivity index (χ2n) is 17.6. The van der Waals surface area contributed by atoms with Crippen molar-refractivity contribution >= 4 is 65.4 Å². The summed E-state index contributed by atoms with van der Waals surface area (Å²) >= 11 is 0. The largest absolute Gasteiger partial charge is 0.309 e. The summed E-state index contributed by atoms with van der Waals surface area (Å²) in [6.45, 7) is 0. The Kier molecular flexibility index (Phi) is 8.79. The monoisotopic (exact) mass is 880 g/mol. The van der Waals surface area contributed by atoms with Crippen molar-refractivity contribution in [1.82, 2.24) is 28.7 Å². The minimum atomic E-state index is 0.545. The molecule has 6 nitrogen and oxygen atoms in total. The van der Waals surface area contributed by atoms with Gasteiger partial charge in [0.1, 0.15) is 0 Å². The van der Waals surface area contributed by atoms with Crippen LogP contribution < -0.4 is 0 Å². The van der Waals surface area contributed by atoms with E-state index in [0.29, 0.717) is 17.6 Å². The Balaban J connectivity index is 1.08. The molecule has 0 spiro atoms. The highest BCUT2D eigenvalue weighted by Crippen LogP contribution is 2.44. The smallest absolute Gasteiger partial charge is 0.238 e. The highest BCUT2D eigenvalue weighted by Gasteiger charge is 2.25. The van der Waals surface area contributed by atoms with Crippen LogP contribution in [0.5, 0.6) is 0 Å². The Labute approximate surface area is 397 Å². The van der Waals surface area contributed by atoms with Crippen LogP contribution >= 0.6 is 0 Å². The number of nitrogens with zero attached hydrogens (tertiary/aromatic N) is 6. The third-order valence-electron chi connectivity index (χ3n) is 13.7. The predicted molar refractivity (Wildman–Crippen MR) is 285 cm³/mol. The van der Waals surface area contributed by atoms with Crippen LogP contribution in [0.3, 0.4) is 0 Å². The van der Waals surface area contributed by atoms with Crippen molar-refractivity contribution in [3.05, 3.63) is 243 Å². The second kappa shape index (κ2) is 15.6. The van der Waals surface area contributed by atoms with Gasteiger partial charge in [0.2, 0.25) is 5.95 Å². The van der Waals surface area contributed by atoms with Crippen LogP contribution in [0.1, 0.15) is 0 Å². The quantitative estimate of drug-likeness (QED) is 0.160. The first-order valence-corrected chi connectivity index (χ1v) is 23.4. The van der Waals surface area contributed by atoms with Gasteiger partial charge in [0.05, 0.1) is 38.8 Å². The van der Waals surface area contributed by atoms with Crippen LogP contribution in [0.2, 0.25) is 0 Å². The first kappa shape index (κ1) is 38.8. The maximum absolute atomic E-state index is 5.52. The van der Waals surface area contributed by atoms with E-state index in [9.17, 15) is 0 Å². The maximum atomic E-state index is 5.52. The van der Waals surface area contributed by atoms with Gasteiger partial charge in [-0.25, -0.2) is 4.98 Å². The molecule has 0 radical (unpaired) electrons. The molecule has 0 saturated heterocycles. The molecule has 0 amide bonds. The Morgan fingerprint density at radius 2 is 0.725 bits per heavy atom. The van der Waals surface area contributed by atoms with Crippen molar-refractivity contribution in [3.8, 4) is 62.4 Å². The Morgan fingerprint density at radius 3 is 1.36 bits per heavy atom. The number of fused-ring (bicyclic) bond motifs is 10.